The van der Waals surface area contributed by atoms with E-state index in [9.17, 15) is 26.4 Å². The molecule has 0 aliphatic carbocycles. The van der Waals surface area contributed by atoms with Crippen LogP contribution in [0.2, 0.25) is 0 Å². The van der Waals surface area contributed by atoms with Crippen molar-refractivity contribution in [3.8, 4) is 0 Å². The van der Waals surface area contributed by atoms with Gasteiger partial charge in [0.25, 0.3) is 0 Å². The molecule has 2 aromatic carbocycles. The van der Waals surface area contributed by atoms with Crippen molar-refractivity contribution < 1.29 is 26.4 Å². The number of sulfone groups is 1. The maximum atomic E-state index is 13.1. The summed E-state index contributed by atoms with van der Waals surface area (Å²) < 4.78 is 66.1. The Hall–Kier alpha value is -2.45. The number of likely N-dealkylation sites (N-methyl/N-ethyl adjacent to an activating group) is 1. The summed E-state index contributed by atoms with van der Waals surface area (Å²) >= 11 is 2.01. The van der Waals surface area contributed by atoms with E-state index in [1.807, 2.05) is 57.8 Å². The fourth-order valence-corrected chi connectivity index (χ4v) is 6.69. The van der Waals surface area contributed by atoms with Crippen LogP contribution >= 0.6 is 22.6 Å². The predicted molar refractivity (Wildman–Crippen MR) is 141 cm³/mol. The van der Waals surface area contributed by atoms with Gasteiger partial charge in [-0.2, -0.15) is 13.2 Å². The molecule has 0 unspecified atom stereocenters. The van der Waals surface area contributed by atoms with Gasteiger partial charge in [0.05, 0.1) is 17.3 Å². The molecule has 12 heteroatoms. The molecule has 1 aliphatic rings. The summed E-state index contributed by atoms with van der Waals surface area (Å²) in [5.41, 5.74) is 1.46. The van der Waals surface area contributed by atoms with Crippen LogP contribution in [0.5, 0.6) is 0 Å². The number of carbonyl (C=O) groups is 1. The van der Waals surface area contributed by atoms with Crippen molar-refractivity contribution in [2.24, 2.45) is 0 Å². The first-order chi connectivity index (χ1) is 17.4. The highest BCUT2D eigenvalue weighted by molar-refractivity contribution is 14.1. The first-order valence-corrected chi connectivity index (χ1v) is 14.5. The second-order valence-electron chi connectivity index (χ2n) is 8.91. The molecular weight excluding hydrogens is 620 g/mol. The lowest BCUT2D eigenvalue weighted by Crippen LogP contribution is -2.46. The third-order valence-electron chi connectivity index (χ3n) is 6.49. The van der Waals surface area contributed by atoms with Crippen LogP contribution in [-0.4, -0.2) is 48.6 Å². The number of alkyl halides is 3. The average Bonchev–Trinajstić information content (AvgIpc) is 3.21. The molecule has 0 saturated carbocycles. The summed E-state index contributed by atoms with van der Waals surface area (Å²) in [6, 6.07) is 13.3. The number of aryl methyl sites for hydroxylation is 1. The van der Waals surface area contributed by atoms with Crippen molar-refractivity contribution in [2.45, 2.75) is 42.8 Å². The van der Waals surface area contributed by atoms with E-state index in [4.69, 9.17) is 0 Å². The Kier molecular flexibility index (Phi) is 8.00. The second kappa shape index (κ2) is 10.7. The van der Waals surface area contributed by atoms with Crippen molar-refractivity contribution in [1.82, 2.24) is 19.8 Å². The molecule has 0 bridgehead atoms. The lowest BCUT2D eigenvalue weighted by Gasteiger charge is -2.41. The van der Waals surface area contributed by atoms with Crippen LogP contribution in [0.3, 0.4) is 0 Å². The zero-order valence-electron chi connectivity index (χ0n) is 20.2. The molecule has 37 heavy (non-hydrogen) atoms. The van der Waals surface area contributed by atoms with Gasteiger partial charge in [-0.25, -0.2) is 13.4 Å². The Balaban J connectivity index is 1.76. The molecule has 1 N–H and O–H groups in total. The van der Waals surface area contributed by atoms with E-state index >= 15 is 0 Å². The van der Waals surface area contributed by atoms with Gasteiger partial charge in [0.15, 0.2) is 0 Å². The third kappa shape index (κ3) is 5.85. The number of benzene rings is 2. The van der Waals surface area contributed by atoms with E-state index in [-0.39, 0.29) is 11.1 Å². The van der Waals surface area contributed by atoms with Gasteiger partial charge < -0.3 is 9.88 Å². The average molecular weight is 646 g/mol. The van der Waals surface area contributed by atoms with Crippen LogP contribution in [0.15, 0.2) is 59.8 Å². The summed E-state index contributed by atoms with van der Waals surface area (Å²) in [4.78, 5) is 19.5. The van der Waals surface area contributed by atoms with Crippen LogP contribution < -0.4 is 5.32 Å². The highest BCUT2D eigenvalue weighted by Gasteiger charge is 2.40. The van der Waals surface area contributed by atoms with Gasteiger partial charge >= 0.3 is 6.18 Å². The number of imidazole rings is 1. The van der Waals surface area contributed by atoms with Gasteiger partial charge in [0.1, 0.15) is 9.74 Å². The molecule has 2 heterocycles. The Labute approximate surface area is 227 Å². The van der Waals surface area contributed by atoms with Crippen LogP contribution in [-0.2, 0) is 33.8 Å². The topological polar surface area (TPSA) is 84.3 Å². The normalized spacial score (nSPS) is 17.3. The zero-order chi connectivity index (χ0) is 27.0. The minimum absolute atomic E-state index is 0.0257. The Morgan fingerprint density at radius 1 is 1.14 bits per heavy atom. The predicted octanol–water partition coefficient (Wildman–Crippen LogP) is 4.39. The van der Waals surface area contributed by atoms with E-state index in [0.29, 0.717) is 40.9 Å². The molecule has 0 fully saturated rings. The van der Waals surface area contributed by atoms with E-state index < -0.39 is 33.7 Å². The van der Waals surface area contributed by atoms with Crippen LogP contribution in [0.25, 0.3) is 0 Å². The van der Waals surface area contributed by atoms with E-state index in [2.05, 4.69) is 10.3 Å². The van der Waals surface area contributed by atoms with Gasteiger partial charge in [0.2, 0.25) is 20.9 Å². The zero-order valence-corrected chi connectivity index (χ0v) is 23.1. The van der Waals surface area contributed by atoms with E-state index in [1.165, 1.54) is 12.1 Å². The minimum atomic E-state index is -4.42. The van der Waals surface area contributed by atoms with Crippen molar-refractivity contribution in [3.63, 3.8) is 0 Å². The molecule has 7 nitrogen and oxygen atoms in total. The fourth-order valence-electron chi connectivity index (χ4n) is 4.80. The van der Waals surface area contributed by atoms with Crippen LogP contribution in [0, 0.1) is 3.70 Å². The molecule has 4 rings (SSSR count). The van der Waals surface area contributed by atoms with Crippen LogP contribution in [0.1, 0.15) is 40.9 Å². The van der Waals surface area contributed by atoms with Gasteiger partial charge in [-0.15, -0.1) is 0 Å². The van der Waals surface area contributed by atoms with Crippen molar-refractivity contribution in [3.05, 3.63) is 80.7 Å². The smallest absolute Gasteiger partial charge is 0.358 e. The molecule has 198 valence electrons. The Bertz CT molecular complexity index is 1380. The van der Waals surface area contributed by atoms with Crippen molar-refractivity contribution in [1.29, 1.82) is 0 Å². The summed E-state index contributed by atoms with van der Waals surface area (Å²) in [5, 5.41) is 2.71. The summed E-state index contributed by atoms with van der Waals surface area (Å²) in [7, 11) is -2.04. The molecule has 1 amide bonds. The van der Waals surface area contributed by atoms with Gasteiger partial charge in [-0.1, -0.05) is 42.5 Å². The third-order valence-corrected chi connectivity index (χ3v) is 8.25. The quantitative estimate of drug-likeness (QED) is 0.386. The maximum absolute atomic E-state index is 13.1. The number of fused-ring (bicyclic) bond motifs is 1. The maximum Gasteiger partial charge on any atom is 0.416 e. The Morgan fingerprint density at radius 2 is 1.78 bits per heavy atom. The number of amides is 1. The SMILES string of the molecule is CNC(=O)[C@@H](c1ccccc1)N1CCn2c(S(C)(=O)=O)nc(I)c2[C@H]1CCc1ccc(C(F)(F)F)cc1. The van der Waals surface area contributed by atoms with Gasteiger partial charge in [0, 0.05) is 26.4 Å². The molecule has 3 aromatic rings. The number of hydrogen-bond acceptors (Lipinski definition) is 5. The second-order valence-corrected chi connectivity index (χ2v) is 11.8. The number of aromatic nitrogens is 2. The lowest BCUT2D eigenvalue weighted by atomic mass is 9.95. The first-order valence-electron chi connectivity index (χ1n) is 11.6. The van der Waals surface area contributed by atoms with Crippen LogP contribution in [0.4, 0.5) is 13.2 Å². The molecule has 0 radical (unpaired) electrons. The highest BCUT2D eigenvalue weighted by atomic mass is 127. The molecule has 1 aliphatic heterocycles. The molecule has 1 aromatic heterocycles. The van der Waals surface area contributed by atoms with Gasteiger partial charge in [-0.05, 0) is 58.7 Å². The largest absolute Gasteiger partial charge is 0.416 e. The number of halogens is 4. The standard InChI is InChI=1S/C25H26F3IN4O3S/c1-30-23(34)20(17-6-4-3-5-7-17)32-14-15-33-21(22(29)31-24(33)37(2,35)36)19(32)13-10-16-8-11-18(12-9-16)25(26,27)28/h3-9,11-12,19-20H,10,13-15H2,1-2H3,(H,30,34)/t19-,20-/m1/s1. The van der Waals surface area contributed by atoms with E-state index in [1.54, 1.807) is 11.6 Å². The fraction of sp³-hybridized carbons (Fsp3) is 0.360. The molecular formula is C25H26F3IN4O3S. The van der Waals surface area contributed by atoms with Crippen molar-refractivity contribution >= 4 is 38.3 Å². The monoisotopic (exact) mass is 646 g/mol. The van der Waals surface area contributed by atoms with Gasteiger partial charge in [-0.3, -0.25) is 9.69 Å². The lowest BCUT2D eigenvalue weighted by molar-refractivity contribution is -0.137. The van der Waals surface area contributed by atoms with E-state index in [0.717, 1.165) is 24.0 Å². The first kappa shape index (κ1) is 27.6. The molecule has 0 spiro atoms. The number of rotatable bonds is 7. The minimum Gasteiger partial charge on any atom is -0.358 e. The summed E-state index contributed by atoms with van der Waals surface area (Å²) in [6.07, 6.45) is -2.44. The number of nitrogens with zero attached hydrogens (tertiary/aromatic N) is 3. The molecule has 0 saturated heterocycles. The number of hydrogen-bond donors (Lipinski definition) is 1. The summed E-state index contributed by atoms with van der Waals surface area (Å²) in [5.74, 6) is -0.211. The summed E-state index contributed by atoms with van der Waals surface area (Å²) in [6.45, 7) is 0.706. The van der Waals surface area contributed by atoms with Crippen molar-refractivity contribution in [2.75, 3.05) is 19.8 Å². The molecule has 2 atom stereocenters. The highest BCUT2D eigenvalue weighted by Crippen LogP contribution is 2.40. The number of nitrogens with one attached hydrogen (secondary N) is 1. The number of carbonyl (C=O) groups excluding carboxylic acids is 1. The Morgan fingerprint density at radius 3 is 2.35 bits per heavy atom.